The van der Waals surface area contributed by atoms with E-state index in [4.69, 9.17) is 0 Å². The molecule has 1 saturated heterocycles. The van der Waals surface area contributed by atoms with Crippen LogP contribution in [0.4, 0.5) is 9.18 Å². The van der Waals surface area contributed by atoms with Crippen LogP contribution in [-0.2, 0) is 11.2 Å². The molecule has 1 aliphatic heterocycles. The zero-order valence-electron chi connectivity index (χ0n) is 12.7. The lowest BCUT2D eigenvalue weighted by Gasteiger charge is -2.30. The average Bonchev–Trinajstić information content (AvgIpc) is 2.58. The molecular weight excluding hydrogens is 313 g/mol. The third-order valence-electron chi connectivity index (χ3n) is 3.76. The van der Waals surface area contributed by atoms with Crippen LogP contribution in [0.2, 0.25) is 0 Å². The van der Waals surface area contributed by atoms with Gasteiger partial charge in [-0.3, -0.25) is 15.1 Å². The van der Waals surface area contributed by atoms with Crippen molar-refractivity contribution in [2.24, 2.45) is 0 Å². The number of nitrogens with one attached hydrogen (secondary N) is 2. The van der Waals surface area contributed by atoms with Gasteiger partial charge in [-0.2, -0.15) is 5.43 Å². The van der Waals surface area contributed by atoms with Gasteiger partial charge in [0.1, 0.15) is 5.82 Å². The van der Waals surface area contributed by atoms with Crippen molar-refractivity contribution in [3.8, 4) is 11.1 Å². The van der Waals surface area contributed by atoms with Crippen molar-refractivity contribution in [2.75, 3.05) is 6.54 Å². The fourth-order valence-electron chi connectivity index (χ4n) is 2.46. The van der Waals surface area contributed by atoms with E-state index in [1.165, 1.54) is 6.07 Å². The van der Waals surface area contributed by atoms with Gasteiger partial charge in [0.2, 0.25) is 6.23 Å². The summed E-state index contributed by atoms with van der Waals surface area (Å²) in [5.41, 5.74) is 4.65. The summed E-state index contributed by atoms with van der Waals surface area (Å²) in [6, 6.07) is 13.3. The van der Waals surface area contributed by atoms with Crippen molar-refractivity contribution < 1.29 is 19.1 Å². The van der Waals surface area contributed by atoms with Gasteiger partial charge >= 0.3 is 6.03 Å². The van der Waals surface area contributed by atoms with Crippen LogP contribution in [0.3, 0.4) is 0 Å². The van der Waals surface area contributed by atoms with E-state index >= 15 is 0 Å². The smallest absolute Gasteiger partial charge is 0.338 e. The molecule has 0 spiro atoms. The second kappa shape index (κ2) is 6.77. The topological polar surface area (TPSA) is 81.7 Å². The molecule has 0 aliphatic carbocycles. The predicted octanol–water partition coefficient (Wildman–Crippen LogP) is 1.41. The SMILES string of the molecule is O=C1NC(=O)N(CCc2ccc(-c3ccccc3F)cc2)NC1O. The number of imide groups is 1. The first kappa shape index (κ1) is 16.1. The number of hydrazine groups is 1. The van der Waals surface area contributed by atoms with Crippen molar-refractivity contribution in [1.29, 1.82) is 0 Å². The number of carbonyl (C=O) groups excluding carboxylic acids is 2. The molecule has 0 saturated carbocycles. The first-order valence-corrected chi connectivity index (χ1v) is 7.45. The minimum absolute atomic E-state index is 0.273. The molecule has 1 heterocycles. The Bertz CT molecular complexity index is 764. The van der Waals surface area contributed by atoms with E-state index in [1.807, 2.05) is 29.6 Å². The van der Waals surface area contributed by atoms with Gasteiger partial charge in [-0.1, -0.05) is 42.5 Å². The van der Waals surface area contributed by atoms with Gasteiger partial charge in [-0.05, 0) is 23.6 Å². The molecule has 3 rings (SSSR count). The Labute approximate surface area is 137 Å². The molecule has 1 aliphatic rings. The van der Waals surface area contributed by atoms with Crippen LogP contribution in [0.1, 0.15) is 5.56 Å². The normalized spacial score (nSPS) is 17.8. The largest absolute Gasteiger partial charge is 0.369 e. The highest BCUT2D eigenvalue weighted by molar-refractivity contribution is 5.98. The maximum Gasteiger partial charge on any atom is 0.338 e. The minimum Gasteiger partial charge on any atom is -0.369 e. The van der Waals surface area contributed by atoms with Crippen molar-refractivity contribution in [1.82, 2.24) is 15.8 Å². The van der Waals surface area contributed by atoms with Gasteiger partial charge < -0.3 is 5.11 Å². The highest BCUT2D eigenvalue weighted by Crippen LogP contribution is 2.22. The summed E-state index contributed by atoms with van der Waals surface area (Å²) in [7, 11) is 0. The van der Waals surface area contributed by atoms with Crippen LogP contribution in [-0.4, -0.2) is 34.8 Å². The Morgan fingerprint density at radius 1 is 1.08 bits per heavy atom. The maximum atomic E-state index is 13.8. The number of amides is 3. The summed E-state index contributed by atoms with van der Waals surface area (Å²) in [6.45, 7) is 0.273. The molecule has 7 heteroatoms. The van der Waals surface area contributed by atoms with Gasteiger partial charge in [0.05, 0.1) is 0 Å². The lowest BCUT2D eigenvalue weighted by atomic mass is 10.0. The Balaban J connectivity index is 1.64. The summed E-state index contributed by atoms with van der Waals surface area (Å²) >= 11 is 0. The van der Waals surface area contributed by atoms with Gasteiger partial charge in [-0.15, -0.1) is 0 Å². The van der Waals surface area contributed by atoms with Crippen LogP contribution in [0, 0.1) is 5.82 Å². The molecule has 3 N–H and O–H groups in total. The molecule has 2 aromatic rings. The van der Waals surface area contributed by atoms with E-state index in [0.717, 1.165) is 16.1 Å². The highest BCUT2D eigenvalue weighted by Gasteiger charge is 2.29. The molecule has 0 radical (unpaired) electrons. The van der Waals surface area contributed by atoms with Crippen LogP contribution in [0.5, 0.6) is 0 Å². The molecule has 0 bridgehead atoms. The van der Waals surface area contributed by atoms with Gasteiger partial charge in [-0.25, -0.2) is 9.18 Å². The minimum atomic E-state index is -1.44. The number of aliphatic hydroxyl groups is 1. The van der Waals surface area contributed by atoms with E-state index in [9.17, 15) is 19.1 Å². The van der Waals surface area contributed by atoms with Crippen molar-refractivity contribution in [3.63, 3.8) is 0 Å². The van der Waals surface area contributed by atoms with Gasteiger partial charge in [0.25, 0.3) is 5.91 Å². The third kappa shape index (κ3) is 3.42. The fraction of sp³-hybridized carbons (Fsp3) is 0.176. The quantitative estimate of drug-likeness (QED) is 0.792. The lowest BCUT2D eigenvalue weighted by Crippen LogP contribution is -2.64. The van der Waals surface area contributed by atoms with E-state index < -0.39 is 18.2 Å². The van der Waals surface area contributed by atoms with Crippen molar-refractivity contribution >= 4 is 11.9 Å². The standard InChI is InChI=1S/C17H16FN3O3/c18-14-4-2-1-3-13(14)12-7-5-11(6-8-12)9-10-21-17(24)19-15(22)16(23)20-21/h1-8,16,20,23H,9-10H2,(H,19,22,24). The first-order valence-electron chi connectivity index (χ1n) is 7.45. The number of nitrogens with zero attached hydrogens (tertiary/aromatic N) is 1. The number of carbonyl (C=O) groups is 2. The maximum absolute atomic E-state index is 13.8. The van der Waals surface area contributed by atoms with Crippen LogP contribution >= 0.6 is 0 Å². The Morgan fingerprint density at radius 2 is 1.79 bits per heavy atom. The molecule has 24 heavy (non-hydrogen) atoms. The molecule has 2 aromatic carbocycles. The van der Waals surface area contributed by atoms with Crippen LogP contribution < -0.4 is 10.7 Å². The third-order valence-corrected chi connectivity index (χ3v) is 3.76. The first-order chi connectivity index (χ1) is 11.5. The molecule has 124 valence electrons. The molecule has 0 aromatic heterocycles. The van der Waals surface area contributed by atoms with Crippen LogP contribution in [0.25, 0.3) is 11.1 Å². The fourth-order valence-corrected chi connectivity index (χ4v) is 2.46. The molecule has 3 amide bonds. The molecule has 1 fully saturated rings. The predicted molar refractivity (Wildman–Crippen MR) is 84.9 cm³/mol. The van der Waals surface area contributed by atoms with Crippen LogP contribution in [0.15, 0.2) is 48.5 Å². The number of benzene rings is 2. The second-order valence-electron chi connectivity index (χ2n) is 5.40. The van der Waals surface area contributed by atoms with E-state index in [1.54, 1.807) is 18.2 Å². The molecule has 1 atom stereocenters. The molecule has 1 unspecified atom stereocenters. The van der Waals surface area contributed by atoms with Gasteiger partial charge in [0.15, 0.2) is 0 Å². The Morgan fingerprint density at radius 3 is 2.50 bits per heavy atom. The van der Waals surface area contributed by atoms with Gasteiger partial charge in [0, 0.05) is 12.1 Å². The summed E-state index contributed by atoms with van der Waals surface area (Å²) in [5, 5.41) is 12.6. The summed E-state index contributed by atoms with van der Waals surface area (Å²) in [5.74, 6) is -1.05. The average molecular weight is 329 g/mol. The van der Waals surface area contributed by atoms with E-state index in [-0.39, 0.29) is 12.4 Å². The number of aliphatic hydroxyl groups excluding tert-OH is 1. The zero-order valence-corrected chi connectivity index (χ0v) is 12.7. The zero-order chi connectivity index (χ0) is 17.1. The monoisotopic (exact) mass is 329 g/mol. The summed E-state index contributed by atoms with van der Waals surface area (Å²) in [4.78, 5) is 22.7. The second-order valence-corrected chi connectivity index (χ2v) is 5.40. The van der Waals surface area contributed by atoms with Crippen molar-refractivity contribution in [2.45, 2.75) is 12.6 Å². The lowest BCUT2D eigenvalue weighted by molar-refractivity contribution is -0.135. The number of hydrogen-bond acceptors (Lipinski definition) is 4. The number of urea groups is 1. The van der Waals surface area contributed by atoms with E-state index in [2.05, 4.69) is 5.43 Å². The number of halogens is 1. The highest BCUT2D eigenvalue weighted by atomic mass is 19.1. The van der Waals surface area contributed by atoms with E-state index in [0.29, 0.717) is 12.0 Å². The number of hydrogen-bond donors (Lipinski definition) is 3. The Kier molecular flexibility index (Phi) is 4.54. The summed E-state index contributed by atoms with van der Waals surface area (Å²) < 4.78 is 13.8. The Hall–Kier alpha value is -2.77. The van der Waals surface area contributed by atoms with Crippen molar-refractivity contribution in [3.05, 3.63) is 59.9 Å². The molecule has 6 nitrogen and oxygen atoms in total. The number of rotatable bonds is 4. The summed E-state index contributed by atoms with van der Waals surface area (Å²) in [6.07, 6.45) is -0.926. The molecular formula is C17H16FN3O3.